The Morgan fingerprint density at radius 3 is 2.19 bits per heavy atom. The maximum atomic E-state index is 13.6. The largest absolute Gasteiger partial charge is 0.495 e. The van der Waals surface area contributed by atoms with Crippen molar-refractivity contribution in [3.63, 3.8) is 0 Å². The molecular formula is C26H22ClNO4. The molecule has 0 saturated carbocycles. The van der Waals surface area contributed by atoms with Crippen LogP contribution in [0.15, 0.2) is 78.4 Å². The number of carbonyl (C=O) groups is 1. The first-order chi connectivity index (χ1) is 15.5. The number of hydrogen-bond acceptors (Lipinski definition) is 4. The lowest BCUT2D eigenvalue weighted by Gasteiger charge is -2.23. The van der Waals surface area contributed by atoms with E-state index in [2.05, 4.69) is 0 Å². The van der Waals surface area contributed by atoms with Crippen LogP contribution in [-0.4, -0.2) is 27.2 Å². The van der Waals surface area contributed by atoms with Crippen LogP contribution in [0.2, 0.25) is 5.02 Å². The zero-order chi connectivity index (χ0) is 22.7. The number of ether oxygens (including phenoxy) is 3. The molecule has 6 heteroatoms. The molecule has 4 rings (SSSR count). The zero-order valence-corrected chi connectivity index (χ0v) is 18.7. The molecule has 0 aliphatic carbocycles. The third-order valence-electron chi connectivity index (χ3n) is 5.18. The van der Waals surface area contributed by atoms with E-state index >= 15 is 0 Å². The summed E-state index contributed by atoms with van der Waals surface area (Å²) in [6.45, 7) is 0. The zero-order valence-electron chi connectivity index (χ0n) is 18.0. The van der Waals surface area contributed by atoms with Gasteiger partial charge < -0.3 is 14.2 Å². The summed E-state index contributed by atoms with van der Waals surface area (Å²) in [5, 5.41) is 0.628. The van der Waals surface area contributed by atoms with E-state index in [1.807, 2.05) is 66.7 Å². The Bertz CT molecular complexity index is 1210. The van der Waals surface area contributed by atoms with Crippen LogP contribution >= 0.6 is 11.6 Å². The van der Waals surface area contributed by atoms with E-state index in [9.17, 15) is 4.79 Å². The van der Waals surface area contributed by atoms with Crippen molar-refractivity contribution in [1.29, 1.82) is 0 Å². The Morgan fingerprint density at radius 2 is 1.50 bits per heavy atom. The summed E-state index contributed by atoms with van der Waals surface area (Å²) in [7, 11) is 4.76. The van der Waals surface area contributed by atoms with E-state index in [1.165, 1.54) is 0 Å². The maximum Gasteiger partial charge on any atom is 0.263 e. The van der Waals surface area contributed by atoms with Gasteiger partial charge in [-0.15, -0.1) is 0 Å². The third kappa shape index (κ3) is 4.07. The van der Waals surface area contributed by atoms with Crippen LogP contribution in [0.5, 0.6) is 17.2 Å². The van der Waals surface area contributed by atoms with Gasteiger partial charge in [0.05, 0.1) is 32.7 Å². The fourth-order valence-corrected chi connectivity index (χ4v) is 3.75. The number of methoxy groups -OCH3 is 3. The number of amides is 1. The highest BCUT2D eigenvalue weighted by molar-refractivity contribution is 6.30. The van der Waals surface area contributed by atoms with Crippen molar-refractivity contribution in [3.05, 3.63) is 94.5 Å². The fraction of sp³-hybridized carbons (Fsp3) is 0.115. The van der Waals surface area contributed by atoms with Crippen molar-refractivity contribution >= 4 is 35.0 Å². The molecule has 3 aromatic rings. The number of para-hydroxylation sites is 2. The molecule has 0 N–H and O–H groups in total. The quantitative estimate of drug-likeness (QED) is 0.445. The Labute approximate surface area is 192 Å². The van der Waals surface area contributed by atoms with Crippen LogP contribution in [0.3, 0.4) is 0 Å². The normalized spacial score (nSPS) is 14.5. The molecule has 162 valence electrons. The summed E-state index contributed by atoms with van der Waals surface area (Å²) >= 11 is 6.08. The third-order valence-corrected chi connectivity index (χ3v) is 5.43. The first-order valence-corrected chi connectivity index (χ1v) is 10.3. The second-order valence-corrected chi connectivity index (χ2v) is 7.50. The molecule has 0 saturated heterocycles. The van der Waals surface area contributed by atoms with Gasteiger partial charge in [0.15, 0.2) is 11.5 Å². The van der Waals surface area contributed by atoms with Gasteiger partial charge in [0.25, 0.3) is 5.91 Å². The second kappa shape index (κ2) is 9.20. The Morgan fingerprint density at radius 1 is 0.812 bits per heavy atom. The van der Waals surface area contributed by atoms with Crippen LogP contribution in [0.25, 0.3) is 11.8 Å². The summed E-state index contributed by atoms with van der Waals surface area (Å²) in [4.78, 5) is 15.2. The highest BCUT2D eigenvalue weighted by Gasteiger charge is 2.32. The van der Waals surface area contributed by atoms with Crippen molar-refractivity contribution in [2.45, 2.75) is 0 Å². The SMILES string of the molecule is COc1ccc(/C=C2\C=C(c3ccc(Cl)cc3)N(c3ccccc3OC)C2=O)cc1OC. The minimum atomic E-state index is -0.158. The molecule has 1 heterocycles. The number of nitrogens with zero attached hydrogens (tertiary/aromatic N) is 1. The number of rotatable bonds is 6. The number of hydrogen-bond donors (Lipinski definition) is 0. The molecule has 3 aromatic carbocycles. The van der Waals surface area contributed by atoms with Crippen molar-refractivity contribution in [3.8, 4) is 17.2 Å². The summed E-state index contributed by atoms with van der Waals surface area (Å²) in [5.41, 5.74) is 3.62. The van der Waals surface area contributed by atoms with E-state index in [-0.39, 0.29) is 5.91 Å². The molecule has 0 aromatic heterocycles. The number of benzene rings is 3. The average Bonchev–Trinajstić information content (AvgIpc) is 3.14. The molecule has 0 atom stereocenters. The molecule has 1 aliphatic heterocycles. The first kappa shape index (κ1) is 21.5. The highest BCUT2D eigenvalue weighted by atomic mass is 35.5. The smallest absolute Gasteiger partial charge is 0.263 e. The average molecular weight is 448 g/mol. The Kier molecular flexibility index (Phi) is 6.19. The Balaban J connectivity index is 1.83. The van der Waals surface area contributed by atoms with Gasteiger partial charge in [0, 0.05) is 10.6 Å². The summed E-state index contributed by atoms with van der Waals surface area (Å²) < 4.78 is 16.2. The van der Waals surface area contributed by atoms with Crippen molar-refractivity contribution in [2.24, 2.45) is 0 Å². The lowest BCUT2D eigenvalue weighted by atomic mass is 10.1. The van der Waals surface area contributed by atoms with Gasteiger partial charge in [-0.3, -0.25) is 9.69 Å². The first-order valence-electron chi connectivity index (χ1n) is 9.94. The van der Waals surface area contributed by atoms with Gasteiger partial charge in [0.2, 0.25) is 0 Å². The number of halogens is 1. The standard InChI is InChI=1S/C26H22ClNO4/c1-30-23-7-5-4-6-21(23)28-22(18-9-11-20(27)12-10-18)16-19(26(28)29)14-17-8-13-24(31-2)25(15-17)32-3/h4-16H,1-3H3/b19-14+. The molecular weight excluding hydrogens is 426 g/mol. The Hall–Kier alpha value is -3.70. The summed E-state index contributed by atoms with van der Waals surface area (Å²) in [5.74, 6) is 1.67. The lowest BCUT2D eigenvalue weighted by molar-refractivity contribution is -0.113. The molecule has 0 unspecified atom stereocenters. The van der Waals surface area contributed by atoms with Crippen LogP contribution in [0.1, 0.15) is 11.1 Å². The molecule has 32 heavy (non-hydrogen) atoms. The van der Waals surface area contributed by atoms with Gasteiger partial charge in [-0.1, -0.05) is 41.9 Å². The molecule has 0 radical (unpaired) electrons. The van der Waals surface area contributed by atoms with Gasteiger partial charge in [-0.25, -0.2) is 0 Å². The van der Waals surface area contributed by atoms with Crippen molar-refractivity contribution in [1.82, 2.24) is 0 Å². The van der Waals surface area contributed by atoms with Gasteiger partial charge in [-0.2, -0.15) is 0 Å². The fourth-order valence-electron chi connectivity index (χ4n) is 3.62. The van der Waals surface area contributed by atoms with Crippen molar-refractivity contribution < 1.29 is 19.0 Å². The van der Waals surface area contributed by atoms with Gasteiger partial charge >= 0.3 is 0 Å². The minimum absolute atomic E-state index is 0.158. The second-order valence-electron chi connectivity index (χ2n) is 7.06. The van der Waals surface area contributed by atoms with Gasteiger partial charge in [-0.05, 0) is 59.7 Å². The lowest BCUT2D eigenvalue weighted by Crippen LogP contribution is -2.25. The van der Waals surface area contributed by atoms with E-state index < -0.39 is 0 Å². The van der Waals surface area contributed by atoms with Crippen LogP contribution in [0.4, 0.5) is 5.69 Å². The molecule has 0 fully saturated rings. The predicted octanol–water partition coefficient (Wildman–Crippen LogP) is 5.84. The summed E-state index contributed by atoms with van der Waals surface area (Å²) in [6.07, 6.45) is 3.70. The summed E-state index contributed by atoms with van der Waals surface area (Å²) in [6, 6.07) is 20.4. The number of carbonyl (C=O) groups excluding carboxylic acids is 1. The van der Waals surface area contributed by atoms with Crippen molar-refractivity contribution in [2.75, 3.05) is 26.2 Å². The van der Waals surface area contributed by atoms with Crippen LogP contribution in [0, 0.1) is 0 Å². The van der Waals surface area contributed by atoms with Crippen LogP contribution in [-0.2, 0) is 4.79 Å². The predicted molar refractivity (Wildman–Crippen MR) is 127 cm³/mol. The minimum Gasteiger partial charge on any atom is -0.495 e. The van der Waals surface area contributed by atoms with E-state index in [1.54, 1.807) is 38.4 Å². The van der Waals surface area contributed by atoms with Gasteiger partial charge in [0.1, 0.15) is 5.75 Å². The van der Waals surface area contributed by atoms with Crippen LogP contribution < -0.4 is 19.1 Å². The van der Waals surface area contributed by atoms with E-state index in [0.29, 0.717) is 33.5 Å². The molecule has 0 bridgehead atoms. The van der Waals surface area contributed by atoms with E-state index in [0.717, 1.165) is 16.8 Å². The topological polar surface area (TPSA) is 48.0 Å². The maximum absolute atomic E-state index is 13.6. The molecule has 1 amide bonds. The monoisotopic (exact) mass is 447 g/mol. The van der Waals surface area contributed by atoms with E-state index in [4.69, 9.17) is 25.8 Å². The molecule has 0 spiro atoms. The molecule has 5 nitrogen and oxygen atoms in total. The molecule has 1 aliphatic rings. The number of anilines is 1. The highest BCUT2D eigenvalue weighted by Crippen LogP contribution is 2.40.